The number of hydrogen-bond donors (Lipinski definition) is 2. The van der Waals surface area contributed by atoms with Crippen molar-refractivity contribution in [1.82, 2.24) is 4.31 Å². The average Bonchev–Trinajstić information content (AvgIpc) is 2.67. The monoisotopic (exact) mass is 473 g/mol. The van der Waals surface area contributed by atoms with Gasteiger partial charge in [0.25, 0.3) is 0 Å². The summed E-state index contributed by atoms with van der Waals surface area (Å²) in [6.07, 6.45) is -0.644. The largest absolute Gasteiger partial charge is 0.491 e. The maximum atomic E-state index is 13.0. The summed E-state index contributed by atoms with van der Waals surface area (Å²) in [6.45, 7) is 2.56. The summed E-state index contributed by atoms with van der Waals surface area (Å²) in [6, 6.07) is 12.3. The van der Waals surface area contributed by atoms with Crippen molar-refractivity contribution in [3.8, 4) is 5.75 Å². The number of aliphatic hydroxyl groups excluding tert-OH is 1. The van der Waals surface area contributed by atoms with E-state index in [1.165, 1.54) is 16.4 Å². The third-order valence-corrected chi connectivity index (χ3v) is 7.05. The highest BCUT2D eigenvalue weighted by Crippen LogP contribution is 2.18. The van der Waals surface area contributed by atoms with Crippen molar-refractivity contribution in [2.45, 2.75) is 11.0 Å². The smallest absolute Gasteiger partial charge is 0.243 e. The lowest BCUT2D eigenvalue weighted by atomic mass is 10.3. The minimum atomic E-state index is -3.62. The molecule has 1 heterocycles. The van der Waals surface area contributed by atoms with E-state index in [2.05, 4.69) is 15.9 Å². The average molecular weight is 474 g/mol. The highest BCUT2D eigenvalue weighted by Gasteiger charge is 2.31. The molecule has 152 valence electrons. The Morgan fingerprint density at radius 1 is 1.18 bits per heavy atom. The molecule has 0 bridgehead atoms. The first kappa shape index (κ1) is 21.2. The maximum absolute atomic E-state index is 13.0. The summed E-state index contributed by atoms with van der Waals surface area (Å²) >= 11 is 3.37. The summed E-state index contributed by atoms with van der Waals surface area (Å²) in [4.78, 5) is 1.22. The van der Waals surface area contributed by atoms with Crippen molar-refractivity contribution < 1.29 is 27.6 Å². The number of hydrogen-bond acceptors (Lipinski definition) is 4. The zero-order valence-corrected chi connectivity index (χ0v) is 17.6. The van der Waals surface area contributed by atoms with Crippen molar-refractivity contribution in [3.05, 3.63) is 58.8 Å². The second-order valence-corrected chi connectivity index (χ2v) is 9.59. The van der Waals surface area contributed by atoms with Gasteiger partial charge in [-0.05, 0) is 42.5 Å². The van der Waals surface area contributed by atoms with Crippen LogP contribution in [0.25, 0.3) is 0 Å². The van der Waals surface area contributed by atoms with Crippen LogP contribution in [0.2, 0.25) is 0 Å². The molecule has 0 aromatic heterocycles. The van der Waals surface area contributed by atoms with Gasteiger partial charge in [-0.25, -0.2) is 12.8 Å². The zero-order valence-electron chi connectivity index (χ0n) is 15.2. The van der Waals surface area contributed by atoms with E-state index in [0.717, 1.165) is 21.5 Å². The van der Waals surface area contributed by atoms with Crippen molar-refractivity contribution in [2.24, 2.45) is 0 Å². The Morgan fingerprint density at radius 3 is 2.50 bits per heavy atom. The van der Waals surface area contributed by atoms with Gasteiger partial charge in [-0.2, -0.15) is 4.31 Å². The van der Waals surface area contributed by atoms with Crippen molar-refractivity contribution in [2.75, 3.05) is 39.3 Å². The molecule has 2 aromatic rings. The summed E-state index contributed by atoms with van der Waals surface area (Å²) < 4.78 is 46.2. The van der Waals surface area contributed by atoms with E-state index in [-0.39, 0.29) is 11.5 Å². The van der Waals surface area contributed by atoms with Crippen LogP contribution in [-0.2, 0) is 10.0 Å². The summed E-state index contributed by atoms with van der Waals surface area (Å²) in [5.41, 5.74) is 0. The predicted molar refractivity (Wildman–Crippen MR) is 106 cm³/mol. The number of rotatable bonds is 7. The minimum Gasteiger partial charge on any atom is -0.491 e. The van der Waals surface area contributed by atoms with Crippen LogP contribution in [0.5, 0.6) is 5.75 Å². The van der Waals surface area contributed by atoms with Crippen LogP contribution in [0.1, 0.15) is 0 Å². The van der Waals surface area contributed by atoms with Gasteiger partial charge in [0.05, 0.1) is 31.1 Å². The number of piperazine rings is 1. The first-order chi connectivity index (χ1) is 13.3. The molecule has 0 saturated carbocycles. The van der Waals surface area contributed by atoms with Crippen LogP contribution in [0.15, 0.2) is 57.9 Å². The highest BCUT2D eigenvalue weighted by molar-refractivity contribution is 9.10. The van der Waals surface area contributed by atoms with E-state index in [0.29, 0.717) is 38.5 Å². The van der Waals surface area contributed by atoms with Crippen molar-refractivity contribution in [1.29, 1.82) is 0 Å². The molecule has 1 saturated heterocycles. The van der Waals surface area contributed by atoms with Crippen molar-refractivity contribution in [3.63, 3.8) is 0 Å². The number of nitrogens with one attached hydrogen (secondary N) is 1. The Balaban J connectivity index is 1.47. The Labute approximate surface area is 172 Å². The molecule has 1 fully saturated rings. The predicted octanol–water partition coefficient (Wildman–Crippen LogP) is 0.917. The SMILES string of the molecule is O=S(=O)(c1ccc(F)cc1)N1CC[NH+](C[C@@H](O)COc2cccc(Br)c2)CC1. The number of sulfonamides is 1. The van der Waals surface area contributed by atoms with Crippen LogP contribution < -0.4 is 9.64 Å². The van der Waals surface area contributed by atoms with Gasteiger partial charge < -0.3 is 14.7 Å². The van der Waals surface area contributed by atoms with Gasteiger partial charge in [-0.1, -0.05) is 22.0 Å². The lowest BCUT2D eigenvalue weighted by molar-refractivity contribution is -0.906. The number of aliphatic hydroxyl groups is 1. The van der Waals surface area contributed by atoms with Gasteiger partial charge in [0, 0.05) is 4.47 Å². The minimum absolute atomic E-state index is 0.0970. The second kappa shape index (κ2) is 9.32. The van der Waals surface area contributed by atoms with E-state index in [1.54, 1.807) is 0 Å². The molecule has 1 aliphatic rings. The lowest BCUT2D eigenvalue weighted by Crippen LogP contribution is -3.15. The number of nitrogens with zero attached hydrogens (tertiary/aromatic N) is 1. The Bertz CT molecular complexity index is 887. The maximum Gasteiger partial charge on any atom is 0.243 e. The molecule has 0 radical (unpaired) electrons. The van der Waals surface area contributed by atoms with E-state index < -0.39 is 21.9 Å². The van der Waals surface area contributed by atoms with Gasteiger partial charge >= 0.3 is 0 Å². The molecule has 0 spiro atoms. The fourth-order valence-electron chi connectivity index (χ4n) is 3.14. The van der Waals surface area contributed by atoms with Crippen LogP contribution in [0.4, 0.5) is 4.39 Å². The summed E-state index contributed by atoms with van der Waals surface area (Å²) in [5, 5.41) is 10.2. The van der Waals surface area contributed by atoms with E-state index in [4.69, 9.17) is 4.74 Å². The number of quaternary nitrogens is 1. The molecule has 0 aliphatic carbocycles. The van der Waals surface area contributed by atoms with E-state index in [9.17, 15) is 17.9 Å². The van der Waals surface area contributed by atoms with Crippen molar-refractivity contribution >= 4 is 26.0 Å². The molecule has 0 unspecified atom stereocenters. The second-order valence-electron chi connectivity index (χ2n) is 6.73. The lowest BCUT2D eigenvalue weighted by Gasteiger charge is -2.32. The zero-order chi connectivity index (χ0) is 20.1. The van der Waals surface area contributed by atoms with Gasteiger partial charge in [-0.15, -0.1) is 0 Å². The number of benzene rings is 2. The van der Waals surface area contributed by atoms with Crippen LogP contribution in [0.3, 0.4) is 0 Å². The van der Waals surface area contributed by atoms with E-state index >= 15 is 0 Å². The molecular formula is C19H23BrFN2O4S+. The normalized spacial score (nSPS) is 17.4. The summed E-state index contributed by atoms with van der Waals surface area (Å²) in [7, 11) is -3.62. The standard InChI is InChI=1S/C19H22BrFN2O4S/c20-15-2-1-3-18(12-15)27-14-17(24)13-22-8-10-23(11-9-22)28(25,26)19-6-4-16(21)5-7-19/h1-7,12,17,24H,8-11,13-14H2/p+1/t17-/m1/s1. The number of halogens is 2. The molecule has 1 atom stereocenters. The van der Waals surface area contributed by atoms with Crippen LogP contribution in [0, 0.1) is 5.82 Å². The Morgan fingerprint density at radius 2 is 1.86 bits per heavy atom. The third kappa shape index (κ3) is 5.51. The van der Waals surface area contributed by atoms with Gasteiger partial charge in [0.1, 0.15) is 30.8 Å². The first-order valence-corrected chi connectivity index (χ1v) is 11.2. The van der Waals surface area contributed by atoms with Crippen LogP contribution in [-0.4, -0.2) is 63.3 Å². The molecular weight excluding hydrogens is 451 g/mol. The third-order valence-electron chi connectivity index (χ3n) is 4.64. The topological polar surface area (TPSA) is 71.3 Å². The fraction of sp³-hybridized carbons (Fsp3) is 0.368. The van der Waals surface area contributed by atoms with E-state index in [1.807, 2.05) is 24.3 Å². The molecule has 6 nitrogen and oxygen atoms in total. The Kier molecular flexibility index (Phi) is 7.05. The van der Waals surface area contributed by atoms with Crippen LogP contribution >= 0.6 is 15.9 Å². The molecule has 1 aliphatic heterocycles. The Hall–Kier alpha value is -1.52. The molecule has 2 N–H and O–H groups in total. The summed E-state index contributed by atoms with van der Waals surface area (Å²) in [5.74, 6) is 0.214. The molecule has 9 heteroatoms. The quantitative estimate of drug-likeness (QED) is 0.627. The number of ether oxygens (including phenoxy) is 1. The molecule has 0 amide bonds. The molecule has 3 rings (SSSR count). The van der Waals surface area contributed by atoms with Gasteiger partial charge in [-0.3, -0.25) is 0 Å². The highest BCUT2D eigenvalue weighted by atomic mass is 79.9. The first-order valence-electron chi connectivity index (χ1n) is 9.00. The van der Waals surface area contributed by atoms with Gasteiger partial charge in [0.15, 0.2) is 0 Å². The van der Waals surface area contributed by atoms with Gasteiger partial charge in [0.2, 0.25) is 10.0 Å². The molecule has 2 aromatic carbocycles. The fourth-order valence-corrected chi connectivity index (χ4v) is 4.96. The molecule has 28 heavy (non-hydrogen) atoms.